The molecule has 0 heterocycles. The van der Waals surface area contributed by atoms with Gasteiger partial charge in [-0.3, -0.25) is 0 Å². The monoisotopic (exact) mass is 442 g/mol. The molecular weight excluding hydrogens is 436 g/mol. The summed E-state index contributed by atoms with van der Waals surface area (Å²) in [5, 5.41) is 0.203. The van der Waals surface area contributed by atoms with Crippen molar-refractivity contribution in [2.24, 2.45) is 0 Å². The molecule has 18 heavy (non-hydrogen) atoms. The second kappa shape index (κ2) is 5.84. The van der Waals surface area contributed by atoms with Crippen molar-refractivity contribution >= 4 is 50.1 Å². The third-order valence-corrected chi connectivity index (χ3v) is 4.54. The molecule has 2 rings (SSSR count). The van der Waals surface area contributed by atoms with Gasteiger partial charge >= 0.3 is 0 Å². The van der Waals surface area contributed by atoms with Crippen molar-refractivity contribution < 1.29 is 8.78 Å². The summed E-state index contributed by atoms with van der Waals surface area (Å²) in [5.74, 6) is -1.84. The summed E-state index contributed by atoms with van der Waals surface area (Å²) in [7, 11) is 0. The fourth-order valence-corrected chi connectivity index (χ4v) is 2.98. The maximum absolute atomic E-state index is 13.2. The van der Waals surface area contributed by atoms with E-state index in [9.17, 15) is 8.78 Å². The molecule has 5 heteroatoms. The summed E-state index contributed by atoms with van der Waals surface area (Å²) in [6.45, 7) is 0. The van der Waals surface area contributed by atoms with Gasteiger partial charge in [-0.15, -0.1) is 0 Å². The highest BCUT2D eigenvalue weighted by molar-refractivity contribution is 14.1. The molecule has 0 nitrogen and oxygen atoms in total. The molecule has 94 valence electrons. The zero-order chi connectivity index (χ0) is 13.3. The van der Waals surface area contributed by atoms with E-state index in [1.165, 1.54) is 0 Å². The molecular formula is C13H7BrClF2I. The summed E-state index contributed by atoms with van der Waals surface area (Å²) in [6, 6.07) is 9.83. The van der Waals surface area contributed by atoms with Crippen LogP contribution in [-0.2, 0) is 0 Å². The van der Waals surface area contributed by atoms with Crippen LogP contribution in [0.15, 0.2) is 36.4 Å². The number of benzene rings is 2. The molecule has 2 aromatic rings. The van der Waals surface area contributed by atoms with Crippen LogP contribution in [-0.4, -0.2) is 0 Å². The largest absolute Gasteiger partial charge is 0.204 e. The Bertz CT molecular complexity index is 572. The van der Waals surface area contributed by atoms with Crippen LogP contribution in [0.4, 0.5) is 8.78 Å². The number of hydrogen-bond donors (Lipinski definition) is 0. The van der Waals surface area contributed by atoms with E-state index >= 15 is 0 Å². The maximum atomic E-state index is 13.2. The number of alkyl halides is 1. The van der Waals surface area contributed by atoms with Gasteiger partial charge in [-0.05, 0) is 58.0 Å². The quantitative estimate of drug-likeness (QED) is 0.317. The Morgan fingerprint density at radius 2 is 1.61 bits per heavy atom. The lowest BCUT2D eigenvalue weighted by molar-refractivity contribution is 0.507. The standard InChI is InChI=1S/C13H7BrClF2I/c14-13(7-1-3-8(18)4-2-7)9-5-11(16)12(17)6-10(9)15/h1-6,13H. The lowest BCUT2D eigenvalue weighted by Gasteiger charge is -2.13. The third-order valence-electron chi connectivity index (χ3n) is 2.48. The first-order valence-corrected chi connectivity index (χ1v) is 7.40. The van der Waals surface area contributed by atoms with Crippen molar-refractivity contribution in [3.8, 4) is 0 Å². The van der Waals surface area contributed by atoms with Gasteiger partial charge in [0.05, 0.1) is 4.83 Å². The van der Waals surface area contributed by atoms with Crippen LogP contribution in [0.2, 0.25) is 5.02 Å². The van der Waals surface area contributed by atoms with Crippen molar-refractivity contribution in [3.63, 3.8) is 0 Å². The fourth-order valence-electron chi connectivity index (χ4n) is 1.54. The topological polar surface area (TPSA) is 0 Å². The highest BCUT2D eigenvalue weighted by atomic mass is 127. The highest BCUT2D eigenvalue weighted by Gasteiger charge is 2.17. The summed E-state index contributed by atoms with van der Waals surface area (Å²) < 4.78 is 27.4. The minimum Gasteiger partial charge on any atom is -0.204 e. The zero-order valence-corrected chi connectivity index (χ0v) is 13.4. The Morgan fingerprint density at radius 3 is 2.22 bits per heavy atom. The smallest absolute Gasteiger partial charge is 0.160 e. The Kier molecular flexibility index (Phi) is 4.61. The molecule has 0 saturated heterocycles. The average molecular weight is 443 g/mol. The number of halogens is 5. The molecule has 0 aliphatic carbocycles. The minimum atomic E-state index is -0.939. The number of rotatable bonds is 2. The highest BCUT2D eigenvalue weighted by Crippen LogP contribution is 2.36. The lowest BCUT2D eigenvalue weighted by atomic mass is 10.0. The Balaban J connectivity index is 2.42. The van der Waals surface area contributed by atoms with Gasteiger partial charge in [0.25, 0.3) is 0 Å². The minimum absolute atomic E-state index is 0.203. The molecule has 0 fully saturated rings. The van der Waals surface area contributed by atoms with E-state index < -0.39 is 11.6 Å². The Hall–Kier alpha value is -0.200. The average Bonchev–Trinajstić information content (AvgIpc) is 2.34. The van der Waals surface area contributed by atoms with Crippen molar-refractivity contribution in [1.82, 2.24) is 0 Å². The van der Waals surface area contributed by atoms with Gasteiger partial charge in [-0.2, -0.15) is 0 Å². The SMILES string of the molecule is Fc1cc(Cl)c(C(Br)c2ccc(I)cc2)cc1F. The van der Waals surface area contributed by atoms with Gasteiger partial charge in [0, 0.05) is 8.59 Å². The first kappa shape index (κ1) is 14.2. The van der Waals surface area contributed by atoms with Crippen LogP contribution in [0.5, 0.6) is 0 Å². The van der Waals surface area contributed by atoms with Gasteiger partial charge in [-0.25, -0.2) is 8.78 Å². The molecule has 0 saturated carbocycles. The predicted molar refractivity (Wildman–Crippen MR) is 81.3 cm³/mol. The normalized spacial score (nSPS) is 12.5. The Morgan fingerprint density at radius 1 is 1.06 bits per heavy atom. The predicted octanol–water partition coefficient (Wildman–Crippen LogP) is 5.71. The molecule has 0 spiro atoms. The summed E-state index contributed by atoms with van der Waals surface area (Å²) >= 11 is 11.6. The van der Waals surface area contributed by atoms with Crippen LogP contribution < -0.4 is 0 Å². The molecule has 0 aromatic heterocycles. The van der Waals surface area contributed by atoms with Gasteiger partial charge in [0.1, 0.15) is 0 Å². The second-order valence-corrected chi connectivity index (χ2v) is 6.27. The molecule has 0 N–H and O–H groups in total. The zero-order valence-electron chi connectivity index (χ0n) is 8.93. The third kappa shape index (κ3) is 3.03. The molecule has 0 amide bonds. The maximum Gasteiger partial charge on any atom is 0.160 e. The van der Waals surface area contributed by atoms with Crippen LogP contribution in [0.1, 0.15) is 16.0 Å². The molecule has 1 unspecified atom stereocenters. The first-order valence-electron chi connectivity index (χ1n) is 5.03. The van der Waals surface area contributed by atoms with E-state index in [4.69, 9.17) is 11.6 Å². The first-order chi connectivity index (χ1) is 8.49. The van der Waals surface area contributed by atoms with Gasteiger partial charge in [0.2, 0.25) is 0 Å². The van der Waals surface area contributed by atoms with Gasteiger partial charge < -0.3 is 0 Å². The van der Waals surface area contributed by atoms with Crippen LogP contribution in [0, 0.1) is 15.2 Å². The molecule has 1 atom stereocenters. The summed E-state index contributed by atoms with van der Waals surface area (Å²) in [4.78, 5) is -0.267. The molecule has 0 radical (unpaired) electrons. The van der Waals surface area contributed by atoms with Crippen LogP contribution >= 0.6 is 50.1 Å². The molecule has 0 aliphatic rings. The van der Waals surface area contributed by atoms with Crippen molar-refractivity contribution in [1.29, 1.82) is 0 Å². The van der Waals surface area contributed by atoms with Gasteiger partial charge in [0.15, 0.2) is 11.6 Å². The molecule has 0 aliphatic heterocycles. The van der Waals surface area contributed by atoms with Crippen molar-refractivity contribution in [2.45, 2.75) is 4.83 Å². The van der Waals surface area contributed by atoms with E-state index in [0.717, 1.165) is 21.3 Å². The summed E-state index contributed by atoms with van der Waals surface area (Å²) in [6.07, 6.45) is 0. The van der Waals surface area contributed by atoms with Crippen LogP contribution in [0.3, 0.4) is 0 Å². The van der Waals surface area contributed by atoms with E-state index in [-0.39, 0.29) is 9.85 Å². The van der Waals surface area contributed by atoms with E-state index in [2.05, 4.69) is 38.5 Å². The number of hydrogen-bond acceptors (Lipinski definition) is 0. The second-order valence-electron chi connectivity index (χ2n) is 3.70. The Labute approximate surface area is 131 Å². The molecule has 2 aromatic carbocycles. The van der Waals surface area contributed by atoms with E-state index in [0.29, 0.717) is 5.56 Å². The lowest BCUT2D eigenvalue weighted by Crippen LogP contribution is -1.97. The fraction of sp³-hybridized carbons (Fsp3) is 0.0769. The van der Waals surface area contributed by atoms with E-state index in [1.807, 2.05) is 24.3 Å². The van der Waals surface area contributed by atoms with Crippen molar-refractivity contribution in [2.75, 3.05) is 0 Å². The van der Waals surface area contributed by atoms with Crippen LogP contribution in [0.25, 0.3) is 0 Å². The van der Waals surface area contributed by atoms with E-state index in [1.54, 1.807) is 0 Å². The summed E-state index contributed by atoms with van der Waals surface area (Å²) in [5.41, 5.74) is 1.44. The van der Waals surface area contributed by atoms with Crippen molar-refractivity contribution in [3.05, 3.63) is 67.8 Å². The molecule has 0 bridgehead atoms. The van der Waals surface area contributed by atoms with Gasteiger partial charge in [-0.1, -0.05) is 39.7 Å².